The van der Waals surface area contributed by atoms with Crippen molar-refractivity contribution in [2.75, 3.05) is 14.2 Å². The molecule has 0 radical (unpaired) electrons. The van der Waals surface area contributed by atoms with Gasteiger partial charge in [0.15, 0.2) is 11.5 Å². The molecule has 0 atom stereocenters. The summed E-state index contributed by atoms with van der Waals surface area (Å²) in [5, 5.41) is 0.777. The molecule has 1 N–H and O–H groups in total. The Kier molecular flexibility index (Phi) is 4.45. The number of nitrogens with zero attached hydrogens (tertiary/aromatic N) is 1. The van der Waals surface area contributed by atoms with Crippen LogP contribution < -0.4 is 15.0 Å². The molecule has 130 valence electrons. The lowest BCUT2D eigenvalue weighted by Crippen LogP contribution is -2.11. The number of hydrogen-bond donors (Lipinski definition) is 1. The van der Waals surface area contributed by atoms with Crippen LogP contribution >= 0.6 is 33.9 Å². The van der Waals surface area contributed by atoms with Crippen LogP contribution in [0.3, 0.4) is 0 Å². The van der Waals surface area contributed by atoms with Crippen LogP contribution in [0.1, 0.15) is 23.3 Å². The molecule has 0 fully saturated rings. The molecule has 0 aliphatic heterocycles. The lowest BCUT2D eigenvalue weighted by molar-refractivity contribution is 0.353. The minimum atomic E-state index is -0.0517. The molecule has 0 bridgehead atoms. The van der Waals surface area contributed by atoms with Crippen LogP contribution in [0.4, 0.5) is 0 Å². The third-order valence-electron chi connectivity index (χ3n) is 4.53. The molecule has 0 unspecified atom stereocenters. The third-order valence-corrected chi connectivity index (χ3v) is 6.52. The number of methoxy groups -OCH3 is 2. The number of benzene rings is 1. The number of halogens is 1. The maximum Gasteiger partial charge on any atom is 0.260 e. The van der Waals surface area contributed by atoms with Gasteiger partial charge in [-0.05, 0) is 66.0 Å². The second-order valence-electron chi connectivity index (χ2n) is 6.00. The minimum absolute atomic E-state index is 0.0517. The summed E-state index contributed by atoms with van der Waals surface area (Å²) in [6.45, 7) is 0. The standard InChI is InChI=1S/C18H17IN2O3S/c1-23-12-8-9(7-11(19)15(12)24-2)16-20-17(22)14-10-5-3-4-6-13(10)25-18(14)21-16/h7-8H,3-6H2,1-2H3,(H,20,21,22). The number of aromatic nitrogens is 2. The number of hydrogen-bond acceptors (Lipinski definition) is 5. The molecule has 25 heavy (non-hydrogen) atoms. The Labute approximate surface area is 162 Å². The molecule has 7 heteroatoms. The van der Waals surface area contributed by atoms with Gasteiger partial charge in [-0.25, -0.2) is 4.98 Å². The lowest BCUT2D eigenvalue weighted by atomic mass is 9.97. The molecule has 0 saturated heterocycles. The van der Waals surface area contributed by atoms with Gasteiger partial charge in [0, 0.05) is 10.4 Å². The van der Waals surface area contributed by atoms with Crippen molar-refractivity contribution in [3.05, 3.63) is 36.5 Å². The molecule has 1 aliphatic rings. The van der Waals surface area contributed by atoms with Crippen molar-refractivity contribution in [3.8, 4) is 22.9 Å². The lowest BCUT2D eigenvalue weighted by Gasteiger charge is -2.12. The summed E-state index contributed by atoms with van der Waals surface area (Å²) in [5.41, 5.74) is 1.96. The predicted octanol–water partition coefficient (Wildman–Crippen LogP) is 4.15. The average Bonchev–Trinajstić information content (AvgIpc) is 2.99. The summed E-state index contributed by atoms with van der Waals surface area (Å²) in [6.07, 6.45) is 4.37. The van der Waals surface area contributed by atoms with Crippen LogP contribution in [0.5, 0.6) is 11.5 Å². The highest BCUT2D eigenvalue weighted by Gasteiger charge is 2.21. The molecule has 5 nitrogen and oxygen atoms in total. The van der Waals surface area contributed by atoms with E-state index in [1.54, 1.807) is 25.6 Å². The van der Waals surface area contributed by atoms with Gasteiger partial charge in [0.05, 0.1) is 23.2 Å². The Bertz CT molecular complexity index is 1030. The van der Waals surface area contributed by atoms with Gasteiger partial charge in [0.25, 0.3) is 5.56 Å². The number of aryl methyl sites for hydroxylation is 2. The van der Waals surface area contributed by atoms with Gasteiger partial charge in [-0.1, -0.05) is 0 Å². The number of aromatic amines is 1. The smallest absolute Gasteiger partial charge is 0.260 e. The van der Waals surface area contributed by atoms with E-state index >= 15 is 0 Å². The first-order chi connectivity index (χ1) is 12.1. The average molecular weight is 468 g/mol. The fourth-order valence-corrected chi connectivity index (χ4v) is 5.44. The van der Waals surface area contributed by atoms with E-state index in [4.69, 9.17) is 14.5 Å². The fourth-order valence-electron chi connectivity index (χ4n) is 3.36. The molecule has 1 aromatic carbocycles. The summed E-state index contributed by atoms with van der Waals surface area (Å²) in [7, 11) is 3.21. The molecule has 2 heterocycles. The quantitative estimate of drug-likeness (QED) is 0.587. The summed E-state index contributed by atoms with van der Waals surface area (Å²) < 4.78 is 11.7. The number of H-pyrrole nitrogens is 1. The van der Waals surface area contributed by atoms with Crippen LogP contribution in [0.2, 0.25) is 0 Å². The van der Waals surface area contributed by atoms with Gasteiger partial charge in [-0.2, -0.15) is 0 Å². The second-order valence-corrected chi connectivity index (χ2v) is 8.24. The first-order valence-corrected chi connectivity index (χ1v) is 9.98. The van der Waals surface area contributed by atoms with E-state index in [-0.39, 0.29) is 5.56 Å². The van der Waals surface area contributed by atoms with Crippen LogP contribution in [-0.2, 0) is 12.8 Å². The Hall–Kier alpha value is -1.61. The molecular weight excluding hydrogens is 451 g/mol. The van der Waals surface area contributed by atoms with Gasteiger partial charge >= 0.3 is 0 Å². The van der Waals surface area contributed by atoms with Crippen molar-refractivity contribution in [2.24, 2.45) is 0 Å². The number of ether oxygens (including phenoxy) is 2. The van der Waals surface area contributed by atoms with Crippen LogP contribution in [0.15, 0.2) is 16.9 Å². The molecule has 2 aromatic heterocycles. The van der Waals surface area contributed by atoms with E-state index in [0.29, 0.717) is 17.3 Å². The Morgan fingerprint density at radius 3 is 2.76 bits per heavy atom. The van der Waals surface area contributed by atoms with Crippen LogP contribution in [0, 0.1) is 3.57 Å². The van der Waals surface area contributed by atoms with Crippen LogP contribution in [-0.4, -0.2) is 24.2 Å². The first-order valence-electron chi connectivity index (χ1n) is 8.09. The maximum absolute atomic E-state index is 12.7. The van der Waals surface area contributed by atoms with Gasteiger partial charge in [-0.3, -0.25) is 4.79 Å². The molecule has 4 rings (SSSR count). The monoisotopic (exact) mass is 468 g/mol. The Morgan fingerprint density at radius 2 is 2.00 bits per heavy atom. The Morgan fingerprint density at radius 1 is 1.20 bits per heavy atom. The topological polar surface area (TPSA) is 64.2 Å². The van der Waals surface area contributed by atoms with Gasteiger partial charge in [-0.15, -0.1) is 11.3 Å². The van der Waals surface area contributed by atoms with Crippen molar-refractivity contribution in [1.82, 2.24) is 9.97 Å². The summed E-state index contributed by atoms with van der Waals surface area (Å²) in [4.78, 5) is 22.6. The summed E-state index contributed by atoms with van der Waals surface area (Å²) >= 11 is 3.85. The Balaban J connectivity index is 1.91. The largest absolute Gasteiger partial charge is 0.493 e. The SMILES string of the molecule is COc1cc(-c2nc3sc4c(c3c(=O)[nH]2)CCCC4)cc(I)c1OC. The molecule has 3 aromatic rings. The third kappa shape index (κ3) is 2.83. The van der Waals surface area contributed by atoms with Crippen molar-refractivity contribution in [3.63, 3.8) is 0 Å². The first kappa shape index (κ1) is 16.8. The second kappa shape index (κ2) is 6.60. The van der Waals surface area contributed by atoms with E-state index in [2.05, 4.69) is 27.6 Å². The number of fused-ring (bicyclic) bond motifs is 3. The molecule has 1 aliphatic carbocycles. The van der Waals surface area contributed by atoms with Gasteiger partial charge in [0.2, 0.25) is 0 Å². The zero-order chi connectivity index (χ0) is 17.6. The zero-order valence-electron chi connectivity index (χ0n) is 13.9. The highest BCUT2D eigenvalue weighted by Crippen LogP contribution is 2.37. The molecule has 0 saturated carbocycles. The van der Waals surface area contributed by atoms with E-state index in [0.717, 1.165) is 38.6 Å². The minimum Gasteiger partial charge on any atom is -0.493 e. The van der Waals surface area contributed by atoms with Gasteiger partial charge < -0.3 is 14.5 Å². The van der Waals surface area contributed by atoms with Crippen molar-refractivity contribution in [2.45, 2.75) is 25.7 Å². The van der Waals surface area contributed by atoms with Crippen molar-refractivity contribution >= 4 is 44.1 Å². The van der Waals surface area contributed by atoms with E-state index in [1.807, 2.05) is 12.1 Å². The molecular formula is C18H17IN2O3S. The van der Waals surface area contributed by atoms with E-state index in [1.165, 1.54) is 16.9 Å². The maximum atomic E-state index is 12.7. The number of nitrogens with one attached hydrogen (secondary N) is 1. The molecule has 0 amide bonds. The molecule has 0 spiro atoms. The van der Waals surface area contributed by atoms with E-state index in [9.17, 15) is 4.79 Å². The van der Waals surface area contributed by atoms with Crippen molar-refractivity contribution in [1.29, 1.82) is 0 Å². The number of thiophene rings is 1. The highest BCUT2D eigenvalue weighted by molar-refractivity contribution is 14.1. The van der Waals surface area contributed by atoms with E-state index < -0.39 is 0 Å². The number of rotatable bonds is 3. The summed E-state index contributed by atoms with van der Waals surface area (Å²) in [5.74, 6) is 1.87. The fraction of sp³-hybridized carbons (Fsp3) is 0.333. The predicted molar refractivity (Wildman–Crippen MR) is 108 cm³/mol. The normalized spacial score (nSPS) is 13.7. The summed E-state index contributed by atoms with van der Waals surface area (Å²) in [6, 6.07) is 3.79. The highest BCUT2D eigenvalue weighted by atomic mass is 127. The van der Waals surface area contributed by atoms with Crippen LogP contribution in [0.25, 0.3) is 21.6 Å². The van der Waals surface area contributed by atoms with Gasteiger partial charge in [0.1, 0.15) is 10.7 Å². The van der Waals surface area contributed by atoms with Crippen molar-refractivity contribution < 1.29 is 9.47 Å². The zero-order valence-corrected chi connectivity index (χ0v) is 16.9.